The van der Waals surface area contributed by atoms with Crippen LogP contribution in [0.1, 0.15) is 6.42 Å². The Bertz CT molecular complexity index is 237. The van der Waals surface area contributed by atoms with Crippen LogP contribution >= 0.6 is 11.8 Å². The number of aliphatic carboxylic acids is 1. The zero-order valence-corrected chi connectivity index (χ0v) is 7.67. The maximum Gasteiger partial charge on any atom is 0.305 e. The first-order chi connectivity index (χ1) is 6.11. The van der Waals surface area contributed by atoms with Gasteiger partial charge in [0.25, 0.3) is 0 Å². The smallest absolute Gasteiger partial charge is 0.305 e. The molecule has 5 nitrogen and oxygen atoms in total. The number of nitrogens with zero attached hydrogens (tertiary/aromatic N) is 1. The molecule has 1 saturated heterocycles. The first kappa shape index (κ1) is 10.0. The molecule has 0 atom stereocenters. The number of hydrogen-bond acceptors (Lipinski definition) is 4. The fraction of sp³-hybridized carbons (Fsp3) is 0.571. The zero-order chi connectivity index (χ0) is 9.84. The minimum Gasteiger partial charge on any atom is -0.481 e. The summed E-state index contributed by atoms with van der Waals surface area (Å²) in [6, 6.07) is 0. The van der Waals surface area contributed by atoms with Gasteiger partial charge in [0, 0.05) is 6.54 Å². The summed E-state index contributed by atoms with van der Waals surface area (Å²) < 4.78 is 0. The number of imide groups is 1. The molecule has 13 heavy (non-hydrogen) atoms. The third kappa shape index (κ3) is 2.73. The molecule has 1 N–H and O–H groups in total. The summed E-state index contributed by atoms with van der Waals surface area (Å²) in [5.41, 5.74) is 0. The monoisotopic (exact) mass is 203 g/mol. The first-order valence-electron chi connectivity index (χ1n) is 3.74. The molecule has 72 valence electrons. The van der Waals surface area contributed by atoms with Crippen molar-refractivity contribution in [1.29, 1.82) is 0 Å². The van der Waals surface area contributed by atoms with E-state index in [1.807, 2.05) is 0 Å². The predicted octanol–water partition coefficient (Wildman–Crippen LogP) is -0.437. The zero-order valence-electron chi connectivity index (χ0n) is 6.86. The van der Waals surface area contributed by atoms with Gasteiger partial charge >= 0.3 is 5.97 Å². The lowest BCUT2D eigenvalue weighted by Gasteiger charge is -2.23. The third-order valence-corrected chi connectivity index (χ3v) is 2.50. The van der Waals surface area contributed by atoms with Crippen LogP contribution in [-0.4, -0.2) is 45.8 Å². The van der Waals surface area contributed by atoms with E-state index in [9.17, 15) is 14.4 Å². The molecule has 1 aliphatic heterocycles. The SMILES string of the molecule is O=C(O)CCN1C(=O)CSCC1=O. The van der Waals surface area contributed by atoms with E-state index in [1.165, 1.54) is 11.8 Å². The van der Waals surface area contributed by atoms with Crippen molar-refractivity contribution in [2.45, 2.75) is 6.42 Å². The van der Waals surface area contributed by atoms with Crippen molar-refractivity contribution < 1.29 is 19.5 Å². The van der Waals surface area contributed by atoms with E-state index < -0.39 is 5.97 Å². The minimum atomic E-state index is -1.00. The third-order valence-electron chi connectivity index (χ3n) is 1.60. The van der Waals surface area contributed by atoms with E-state index in [2.05, 4.69) is 0 Å². The van der Waals surface area contributed by atoms with Crippen molar-refractivity contribution >= 4 is 29.5 Å². The number of amides is 2. The Morgan fingerprint density at radius 2 is 1.92 bits per heavy atom. The number of carbonyl (C=O) groups is 3. The summed E-state index contributed by atoms with van der Waals surface area (Å²) >= 11 is 1.26. The average Bonchev–Trinajstić information content (AvgIpc) is 2.03. The maximum absolute atomic E-state index is 11.1. The molecular weight excluding hydrogens is 194 g/mol. The lowest BCUT2D eigenvalue weighted by Crippen LogP contribution is -2.43. The van der Waals surface area contributed by atoms with Crippen molar-refractivity contribution in [3.8, 4) is 0 Å². The van der Waals surface area contributed by atoms with Gasteiger partial charge in [0.1, 0.15) is 0 Å². The van der Waals surface area contributed by atoms with E-state index >= 15 is 0 Å². The number of hydrogen-bond donors (Lipinski definition) is 1. The fourth-order valence-electron chi connectivity index (χ4n) is 0.977. The lowest BCUT2D eigenvalue weighted by molar-refractivity contribution is -0.143. The highest BCUT2D eigenvalue weighted by Gasteiger charge is 2.26. The quantitative estimate of drug-likeness (QED) is 0.629. The average molecular weight is 203 g/mol. The van der Waals surface area contributed by atoms with Crippen molar-refractivity contribution in [2.75, 3.05) is 18.1 Å². The molecule has 2 amide bonds. The van der Waals surface area contributed by atoms with Gasteiger partial charge in [-0.05, 0) is 0 Å². The van der Waals surface area contributed by atoms with Crippen LogP contribution in [0.25, 0.3) is 0 Å². The highest BCUT2D eigenvalue weighted by Crippen LogP contribution is 2.12. The van der Waals surface area contributed by atoms with Gasteiger partial charge in [0.05, 0.1) is 17.9 Å². The molecule has 0 aliphatic carbocycles. The van der Waals surface area contributed by atoms with Gasteiger partial charge < -0.3 is 5.11 Å². The van der Waals surface area contributed by atoms with E-state index in [0.717, 1.165) is 4.90 Å². The number of thioether (sulfide) groups is 1. The molecular formula is C7H9NO4S. The molecule has 1 aliphatic rings. The molecule has 0 saturated carbocycles. The molecule has 6 heteroatoms. The van der Waals surface area contributed by atoms with Gasteiger partial charge in [-0.25, -0.2) is 0 Å². The van der Waals surface area contributed by atoms with Crippen LogP contribution in [0.2, 0.25) is 0 Å². The second-order valence-corrected chi connectivity index (χ2v) is 3.56. The van der Waals surface area contributed by atoms with Crippen LogP contribution in [0.3, 0.4) is 0 Å². The van der Waals surface area contributed by atoms with Crippen LogP contribution in [-0.2, 0) is 14.4 Å². The van der Waals surface area contributed by atoms with E-state index in [-0.39, 0.29) is 36.3 Å². The molecule has 0 aromatic carbocycles. The van der Waals surface area contributed by atoms with Crippen LogP contribution in [0.4, 0.5) is 0 Å². The number of carboxylic acid groups (broad SMARTS) is 1. The summed E-state index contributed by atoms with van der Waals surface area (Å²) in [4.78, 5) is 33.4. The number of carbonyl (C=O) groups excluding carboxylic acids is 2. The fourth-order valence-corrected chi connectivity index (χ4v) is 1.74. The van der Waals surface area contributed by atoms with Gasteiger partial charge in [0.2, 0.25) is 11.8 Å². The summed E-state index contributed by atoms with van der Waals surface area (Å²) in [7, 11) is 0. The molecule has 0 spiro atoms. The predicted molar refractivity (Wildman–Crippen MR) is 46.3 cm³/mol. The molecule has 0 bridgehead atoms. The minimum absolute atomic E-state index is 0.00639. The Labute approximate surface area is 79.1 Å². The Morgan fingerprint density at radius 3 is 2.38 bits per heavy atom. The molecule has 1 rings (SSSR count). The van der Waals surface area contributed by atoms with Gasteiger partial charge in [-0.3, -0.25) is 19.3 Å². The van der Waals surface area contributed by atoms with Gasteiger partial charge in [-0.15, -0.1) is 11.8 Å². The van der Waals surface area contributed by atoms with Gasteiger partial charge in [-0.2, -0.15) is 0 Å². The van der Waals surface area contributed by atoms with Crippen molar-refractivity contribution in [3.63, 3.8) is 0 Å². The lowest BCUT2D eigenvalue weighted by atomic mass is 10.3. The number of rotatable bonds is 3. The molecule has 0 radical (unpaired) electrons. The van der Waals surface area contributed by atoms with Crippen molar-refractivity contribution in [3.05, 3.63) is 0 Å². The van der Waals surface area contributed by atoms with Gasteiger partial charge in [0.15, 0.2) is 0 Å². The van der Waals surface area contributed by atoms with Crippen LogP contribution in [0.5, 0.6) is 0 Å². The molecule has 0 aromatic heterocycles. The van der Waals surface area contributed by atoms with E-state index in [1.54, 1.807) is 0 Å². The molecule has 1 fully saturated rings. The molecule has 0 unspecified atom stereocenters. The Kier molecular flexibility index (Phi) is 3.30. The summed E-state index contributed by atoms with van der Waals surface area (Å²) in [6.07, 6.45) is -0.178. The summed E-state index contributed by atoms with van der Waals surface area (Å²) in [5.74, 6) is -1.04. The van der Waals surface area contributed by atoms with E-state index in [0.29, 0.717) is 0 Å². The largest absolute Gasteiger partial charge is 0.481 e. The normalized spacial score (nSPS) is 17.7. The van der Waals surface area contributed by atoms with Crippen molar-refractivity contribution in [2.24, 2.45) is 0 Å². The van der Waals surface area contributed by atoms with Crippen LogP contribution in [0, 0.1) is 0 Å². The summed E-state index contributed by atoms with van der Waals surface area (Å²) in [5, 5.41) is 8.36. The Balaban J connectivity index is 2.49. The van der Waals surface area contributed by atoms with Crippen molar-refractivity contribution in [1.82, 2.24) is 4.90 Å². The van der Waals surface area contributed by atoms with Crippen LogP contribution < -0.4 is 0 Å². The maximum atomic E-state index is 11.1. The molecule has 0 aromatic rings. The standard InChI is InChI=1S/C7H9NO4S/c9-5-3-13-4-6(10)8(5)2-1-7(11)12/h1-4H2,(H,11,12). The Morgan fingerprint density at radius 1 is 1.38 bits per heavy atom. The Hall–Kier alpha value is -1.04. The summed E-state index contributed by atoms with van der Waals surface area (Å²) in [6.45, 7) is -0.00639. The first-order valence-corrected chi connectivity index (χ1v) is 4.89. The van der Waals surface area contributed by atoms with Gasteiger partial charge in [-0.1, -0.05) is 0 Å². The highest BCUT2D eigenvalue weighted by atomic mass is 32.2. The topological polar surface area (TPSA) is 74.7 Å². The van der Waals surface area contributed by atoms with Crippen LogP contribution in [0.15, 0.2) is 0 Å². The highest BCUT2D eigenvalue weighted by molar-refractivity contribution is 8.00. The van der Waals surface area contributed by atoms with E-state index in [4.69, 9.17) is 5.11 Å². The number of carboxylic acids is 1. The second-order valence-electron chi connectivity index (χ2n) is 2.58. The molecule has 1 heterocycles. The second kappa shape index (κ2) is 4.27.